The quantitative estimate of drug-likeness (QED) is 0.612. The van der Waals surface area contributed by atoms with E-state index in [1.54, 1.807) is 6.07 Å². The molecule has 0 heterocycles. The van der Waals surface area contributed by atoms with E-state index < -0.39 is 11.0 Å². The maximum atomic E-state index is 10.9. The normalized spacial score (nSPS) is 20.4. The largest absolute Gasteiger partial charge is 0.490 e. The van der Waals surface area contributed by atoms with Crippen LogP contribution in [0.15, 0.2) is 18.2 Å². The fourth-order valence-corrected chi connectivity index (χ4v) is 2.18. The van der Waals surface area contributed by atoms with Gasteiger partial charge in [0.1, 0.15) is 0 Å². The molecule has 0 radical (unpaired) electrons. The summed E-state index contributed by atoms with van der Waals surface area (Å²) in [6, 6.07) is 4.59. The summed E-state index contributed by atoms with van der Waals surface area (Å²) in [6.45, 7) is 0.245. The number of nitrogens with zero attached hydrogens (tertiary/aromatic N) is 1. The van der Waals surface area contributed by atoms with Gasteiger partial charge in [0.25, 0.3) is 0 Å². The number of hydrogen-bond donors (Lipinski definition) is 2. The minimum atomic E-state index is -1.04. The van der Waals surface area contributed by atoms with Crippen LogP contribution in [0.2, 0.25) is 0 Å². The van der Waals surface area contributed by atoms with Crippen LogP contribution in [0.1, 0.15) is 18.4 Å². The molecular formula is C13H16N2O6. The van der Waals surface area contributed by atoms with Crippen molar-refractivity contribution in [2.24, 2.45) is 0 Å². The summed E-state index contributed by atoms with van der Waals surface area (Å²) in [7, 11) is 1.38. The molecule has 1 aliphatic carbocycles. The Kier molecular flexibility index (Phi) is 4.59. The highest BCUT2D eigenvalue weighted by molar-refractivity contribution is 5.65. The highest BCUT2D eigenvalue weighted by Crippen LogP contribution is 2.29. The van der Waals surface area contributed by atoms with E-state index in [-0.39, 0.29) is 30.2 Å². The Morgan fingerprint density at radius 3 is 2.81 bits per heavy atom. The first-order valence-electron chi connectivity index (χ1n) is 6.42. The first-order valence-corrected chi connectivity index (χ1v) is 6.42. The average Bonchev–Trinajstić information content (AvgIpc) is 2.40. The molecule has 0 spiro atoms. The van der Waals surface area contributed by atoms with Crippen molar-refractivity contribution in [3.8, 4) is 5.75 Å². The Balaban J connectivity index is 1.86. The number of amides is 1. The molecule has 1 amide bonds. The molecule has 2 rings (SSSR count). The van der Waals surface area contributed by atoms with Crippen LogP contribution in [-0.2, 0) is 11.3 Å². The van der Waals surface area contributed by atoms with Crippen LogP contribution < -0.4 is 10.1 Å². The maximum Gasteiger partial charge on any atom is 0.404 e. The van der Waals surface area contributed by atoms with Crippen LogP contribution >= 0.6 is 0 Å². The van der Waals surface area contributed by atoms with E-state index in [4.69, 9.17) is 14.6 Å². The van der Waals surface area contributed by atoms with E-state index in [2.05, 4.69) is 5.32 Å². The minimum absolute atomic E-state index is 0.0250. The van der Waals surface area contributed by atoms with Gasteiger partial charge in [-0.25, -0.2) is 4.79 Å². The lowest BCUT2D eigenvalue weighted by Crippen LogP contribution is -2.47. The molecule has 21 heavy (non-hydrogen) atoms. The number of nitro benzene ring substituents is 1. The SMILES string of the molecule is COc1ccc(CO[C@H]2C[C@@H](NC(=O)O)C2)cc1[N+](=O)[O-]. The van der Waals surface area contributed by atoms with E-state index in [0.717, 1.165) is 0 Å². The van der Waals surface area contributed by atoms with Crippen LogP contribution in [0.4, 0.5) is 10.5 Å². The second-order valence-electron chi connectivity index (χ2n) is 4.81. The van der Waals surface area contributed by atoms with E-state index in [9.17, 15) is 14.9 Å². The molecule has 0 aliphatic heterocycles. The van der Waals surface area contributed by atoms with Gasteiger partial charge in [0.2, 0.25) is 0 Å². The van der Waals surface area contributed by atoms with Crippen LogP contribution in [0, 0.1) is 10.1 Å². The lowest BCUT2D eigenvalue weighted by molar-refractivity contribution is -0.385. The van der Waals surface area contributed by atoms with Crippen molar-refractivity contribution in [2.45, 2.75) is 31.6 Å². The van der Waals surface area contributed by atoms with Gasteiger partial charge in [-0.3, -0.25) is 10.1 Å². The lowest BCUT2D eigenvalue weighted by atomic mass is 9.89. The first kappa shape index (κ1) is 15.0. The summed E-state index contributed by atoms with van der Waals surface area (Å²) < 4.78 is 10.5. The van der Waals surface area contributed by atoms with Crippen LogP contribution in [0.5, 0.6) is 5.75 Å². The van der Waals surface area contributed by atoms with Crippen molar-refractivity contribution in [1.82, 2.24) is 5.32 Å². The number of methoxy groups -OCH3 is 1. The molecule has 0 unspecified atom stereocenters. The number of carbonyl (C=O) groups is 1. The van der Waals surface area contributed by atoms with Crippen LogP contribution in [0.3, 0.4) is 0 Å². The molecule has 0 aromatic heterocycles. The van der Waals surface area contributed by atoms with Crippen LogP contribution in [-0.4, -0.2) is 35.4 Å². The lowest BCUT2D eigenvalue weighted by Gasteiger charge is -2.34. The summed E-state index contributed by atoms with van der Waals surface area (Å²) in [4.78, 5) is 20.8. The molecular weight excluding hydrogens is 280 g/mol. The van der Waals surface area contributed by atoms with E-state index >= 15 is 0 Å². The predicted molar refractivity (Wildman–Crippen MR) is 72.4 cm³/mol. The van der Waals surface area contributed by atoms with Gasteiger partial charge in [-0.05, 0) is 24.5 Å². The third kappa shape index (κ3) is 3.82. The molecule has 8 heteroatoms. The molecule has 0 bridgehead atoms. The molecule has 0 saturated heterocycles. The van der Waals surface area contributed by atoms with Crippen molar-refractivity contribution < 1.29 is 24.3 Å². The van der Waals surface area contributed by atoms with Gasteiger partial charge in [0.15, 0.2) is 5.75 Å². The standard InChI is InChI=1S/C13H16N2O6/c1-20-12-3-2-8(4-11(12)15(18)19)7-21-10-5-9(6-10)14-13(16)17/h2-4,9-10,14H,5-7H2,1H3,(H,16,17)/t9-,10+. The molecule has 114 valence electrons. The van der Waals surface area contributed by atoms with Crippen molar-refractivity contribution >= 4 is 11.8 Å². The predicted octanol–water partition coefficient (Wildman–Crippen LogP) is 1.92. The smallest absolute Gasteiger partial charge is 0.404 e. The number of nitro groups is 1. The van der Waals surface area contributed by atoms with Gasteiger partial charge in [0, 0.05) is 12.1 Å². The van der Waals surface area contributed by atoms with Gasteiger partial charge in [0.05, 0.1) is 24.7 Å². The van der Waals surface area contributed by atoms with Gasteiger partial charge in [-0.15, -0.1) is 0 Å². The third-order valence-electron chi connectivity index (χ3n) is 3.35. The Hall–Kier alpha value is -2.35. The van der Waals surface area contributed by atoms with Crippen molar-refractivity contribution in [3.63, 3.8) is 0 Å². The summed E-state index contributed by atoms with van der Waals surface area (Å²) in [5, 5.41) is 21.8. The Bertz CT molecular complexity index is 541. The van der Waals surface area contributed by atoms with Gasteiger partial charge < -0.3 is 19.9 Å². The second-order valence-corrected chi connectivity index (χ2v) is 4.81. The summed E-state index contributed by atoms with van der Waals surface area (Å²) in [5.74, 6) is 0.207. The molecule has 0 atom stereocenters. The zero-order valence-corrected chi connectivity index (χ0v) is 11.4. The van der Waals surface area contributed by atoms with Gasteiger partial charge >= 0.3 is 11.8 Å². The zero-order chi connectivity index (χ0) is 15.4. The number of nitrogens with one attached hydrogen (secondary N) is 1. The molecule has 2 N–H and O–H groups in total. The third-order valence-corrected chi connectivity index (χ3v) is 3.35. The van der Waals surface area contributed by atoms with E-state index in [1.807, 2.05) is 0 Å². The topological polar surface area (TPSA) is 111 Å². The molecule has 1 aliphatic rings. The molecule has 8 nitrogen and oxygen atoms in total. The van der Waals surface area contributed by atoms with Crippen LogP contribution in [0.25, 0.3) is 0 Å². The fourth-order valence-electron chi connectivity index (χ4n) is 2.18. The minimum Gasteiger partial charge on any atom is -0.490 e. The number of benzene rings is 1. The van der Waals surface area contributed by atoms with E-state index in [0.29, 0.717) is 18.4 Å². The summed E-state index contributed by atoms with van der Waals surface area (Å²) in [6.07, 6.45) is 0.169. The zero-order valence-electron chi connectivity index (χ0n) is 11.4. The van der Waals surface area contributed by atoms with Gasteiger partial charge in [-0.1, -0.05) is 6.07 Å². The first-order chi connectivity index (χ1) is 9.99. The number of carboxylic acid groups (broad SMARTS) is 1. The molecule has 1 aromatic carbocycles. The summed E-state index contributed by atoms with van der Waals surface area (Å²) >= 11 is 0. The Morgan fingerprint density at radius 1 is 1.52 bits per heavy atom. The highest BCUT2D eigenvalue weighted by atomic mass is 16.6. The fraction of sp³-hybridized carbons (Fsp3) is 0.462. The van der Waals surface area contributed by atoms with Crippen molar-refractivity contribution in [1.29, 1.82) is 0 Å². The molecule has 1 aromatic rings. The number of hydrogen-bond acceptors (Lipinski definition) is 5. The molecule has 1 saturated carbocycles. The van der Waals surface area contributed by atoms with Crippen molar-refractivity contribution in [2.75, 3.05) is 7.11 Å². The second kappa shape index (κ2) is 6.40. The van der Waals surface area contributed by atoms with Crippen molar-refractivity contribution in [3.05, 3.63) is 33.9 Å². The average molecular weight is 296 g/mol. The van der Waals surface area contributed by atoms with E-state index in [1.165, 1.54) is 19.2 Å². The van der Waals surface area contributed by atoms with Gasteiger partial charge in [-0.2, -0.15) is 0 Å². The highest BCUT2D eigenvalue weighted by Gasteiger charge is 2.31. The number of ether oxygens (including phenoxy) is 2. The monoisotopic (exact) mass is 296 g/mol. The Labute approximate surface area is 120 Å². The number of rotatable bonds is 6. The Morgan fingerprint density at radius 2 is 2.24 bits per heavy atom. The molecule has 1 fully saturated rings. The summed E-state index contributed by atoms with van der Waals surface area (Å²) in [5.41, 5.74) is 0.578. The maximum absolute atomic E-state index is 10.9.